The van der Waals surface area contributed by atoms with Gasteiger partial charge in [0.15, 0.2) is 0 Å². The molecule has 1 unspecified atom stereocenters. The van der Waals surface area contributed by atoms with Crippen molar-refractivity contribution in [2.45, 2.75) is 13.8 Å². The van der Waals surface area contributed by atoms with E-state index < -0.39 is 0 Å². The fourth-order valence-corrected chi connectivity index (χ4v) is 0.622. The molecule has 50 valence electrons. The maximum atomic E-state index is 3.58. The Kier molecular flexibility index (Phi) is 4.89. The highest BCUT2D eigenvalue weighted by Crippen LogP contribution is 1.98. The smallest absolute Gasteiger partial charge is 0.00789 e. The van der Waals surface area contributed by atoms with Crippen LogP contribution in [0, 0.1) is 5.92 Å². The Morgan fingerprint density at radius 2 is 2.00 bits per heavy atom. The average Bonchev–Trinajstić information content (AvgIpc) is 1.85. The summed E-state index contributed by atoms with van der Waals surface area (Å²) < 4.78 is 0. The van der Waals surface area contributed by atoms with E-state index in [4.69, 9.17) is 0 Å². The second-order valence-corrected chi connectivity index (χ2v) is 2.01. The summed E-state index contributed by atoms with van der Waals surface area (Å²) in [7, 11) is 0. The first-order valence-corrected chi connectivity index (χ1v) is 3.23. The van der Waals surface area contributed by atoms with Gasteiger partial charge in [0.2, 0.25) is 0 Å². The van der Waals surface area contributed by atoms with Gasteiger partial charge in [0.1, 0.15) is 0 Å². The molecule has 1 atom stereocenters. The van der Waals surface area contributed by atoms with Crippen LogP contribution in [-0.2, 0) is 0 Å². The van der Waals surface area contributed by atoms with Gasteiger partial charge in [-0.3, -0.25) is 0 Å². The molecule has 0 heterocycles. The third kappa shape index (κ3) is 5.09. The van der Waals surface area contributed by atoms with E-state index >= 15 is 0 Å². The summed E-state index contributed by atoms with van der Waals surface area (Å²) in [6.45, 7) is 7.75. The normalized spacial score (nSPS) is 14.9. The van der Waals surface area contributed by atoms with Crippen molar-refractivity contribution in [3.8, 4) is 0 Å². The first-order chi connectivity index (χ1) is 4.31. The summed E-state index contributed by atoms with van der Waals surface area (Å²) in [6.07, 6.45) is 10.1. The molecule has 0 radical (unpaired) electrons. The van der Waals surface area contributed by atoms with Crippen LogP contribution in [0.5, 0.6) is 0 Å². The molecule has 0 aliphatic rings. The van der Waals surface area contributed by atoms with Crippen molar-refractivity contribution in [1.82, 2.24) is 0 Å². The molecule has 0 aliphatic heterocycles. The van der Waals surface area contributed by atoms with E-state index in [9.17, 15) is 0 Å². The van der Waals surface area contributed by atoms with Gasteiger partial charge in [-0.2, -0.15) is 0 Å². The predicted octanol–water partition coefficient (Wildman–Crippen LogP) is 2.94. The van der Waals surface area contributed by atoms with Crippen LogP contribution in [0.25, 0.3) is 0 Å². The van der Waals surface area contributed by atoms with Crippen molar-refractivity contribution in [2.75, 3.05) is 0 Å². The molecule has 0 bridgehead atoms. The van der Waals surface area contributed by atoms with Crippen molar-refractivity contribution < 1.29 is 0 Å². The largest absolute Gasteiger partial charge is 0.0991 e. The van der Waals surface area contributed by atoms with Crippen LogP contribution < -0.4 is 0 Å². The van der Waals surface area contributed by atoms with Gasteiger partial charge in [-0.15, -0.1) is 0 Å². The van der Waals surface area contributed by atoms with E-state index in [0.717, 1.165) is 0 Å². The molecule has 0 N–H and O–H groups in total. The highest BCUT2D eigenvalue weighted by molar-refractivity contribution is 5.04. The molecule has 9 heavy (non-hydrogen) atoms. The van der Waals surface area contributed by atoms with Crippen LogP contribution in [0.3, 0.4) is 0 Å². The minimum atomic E-state index is 0.535. The Morgan fingerprint density at radius 3 is 2.44 bits per heavy atom. The second kappa shape index (κ2) is 5.36. The summed E-state index contributed by atoms with van der Waals surface area (Å²) in [4.78, 5) is 0. The monoisotopic (exact) mass is 122 g/mol. The molecule has 0 aromatic rings. The van der Waals surface area contributed by atoms with Crippen LogP contribution in [0.15, 0.2) is 37.0 Å². The minimum Gasteiger partial charge on any atom is -0.0991 e. The van der Waals surface area contributed by atoms with Crippen molar-refractivity contribution >= 4 is 0 Å². The van der Waals surface area contributed by atoms with Gasteiger partial charge in [0, 0.05) is 0 Å². The standard InChI is InChI=1S/C9H14/c1-4-6-8-9(3)7-5-2/h4-9H,1H2,2-3H3. The van der Waals surface area contributed by atoms with Crippen LogP contribution in [0.2, 0.25) is 0 Å². The maximum Gasteiger partial charge on any atom is -0.00789 e. The van der Waals surface area contributed by atoms with Crippen LogP contribution in [0.1, 0.15) is 13.8 Å². The summed E-state index contributed by atoms with van der Waals surface area (Å²) in [5.74, 6) is 0.535. The highest BCUT2D eigenvalue weighted by Gasteiger charge is 1.83. The third-order valence-corrected chi connectivity index (χ3v) is 1.05. The third-order valence-electron chi connectivity index (χ3n) is 1.05. The fraction of sp³-hybridized carbons (Fsp3) is 0.333. The molecule has 0 aliphatic carbocycles. The lowest BCUT2D eigenvalue weighted by Crippen LogP contribution is -1.78. The molecule has 0 heteroatoms. The first kappa shape index (κ1) is 8.22. The number of allylic oxidation sites excluding steroid dienone is 5. The zero-order valence-corrected chi connectivity index (χ0v) is 6.17. The van der Waals surface area contributed by atoms with Crippen molar-refractivity contribution in [1.29, 1.82) is 0 Å². The Hall–Kier alpha value is -0.780. The number of hydrogen-bond donors (Lipinski definition) is 0. The van der Waals surface area contributed by atoms with Gasteiger partial charge >= 0.3 is 0 Å². The molecule has 0 saturated carbocycles. The van der Waals surface area contributed by atoms with Gasteiger partial charge in [-0.05, 0) is 12.8 Å². The van der Waals surface area contributed by atoms with Crippen LogP contribution in [0.4, 0.5) is 0 Å². The molecule has 0 fully saturated rings. The number of rotatable bonds is 3. The van der Waals surface area contributed by atoms with Gasteiger partial charge in [0.25, 0.3) is 0 Å². The van der Waals surface area contributed by atoms with E-state index in [-0.39, 0.29) is 0 Å². The van der Waals surface area contributed by atoms with Crippen LogP contribution >= 0.6 is 0 Å². The maximum absolute atomic E-state index is 3.58. The molecular weight excluding hydrogens is 108 g/mol. The van der Waals surface area contributed by atoms with Gasteiger partial charge in [0.05, 0.1) is 0 Å². The molecule has 0 aromatic heterocycles. The average molecular weight is 122 g/mol. The van der Waals surface area contributed by atoms with Crippen molar-refractivity contribution in [3.05, 3.63) is 37.0 Å². The van der Waals surface area contributed by atoms with Gasteiger partial charge in [-0.25, -0.2) is 0 Å². The number of hydrogen-bond acceptors (Lipinski definition) is 0. The van der Waals surface area contributed by atoms with E-state index in [0.29, 0.717) is 5.92 Å². The molecule has 0 spiro atoms. The quantitative estimate of drug-likeness (QED) is 0.399. The molecular formula is C9H14. The summed E-state index contributed by atoms with van der Waals surface area (Å²) in [5, 5.41) is 0. The fourth-order valence-electron chi connectivity index (χ4n) is 0.622. The first-order valence-electron chi connectivity index (χ1n) is 3.23. The molecule has 0 saturated heterocycles. The lowest BCUT2D eigenvalue weighted by Gasteiger charge is -1.92. The summed E-state index contributed by atoms with van der Waals surface area (Å²) in [5.41, 5.74) is 0. The van der Waals surface area contributed by atoms with Gasteiger partial charge in [-0.1, -0.05) is 43.9 Å². The SMILES string of the molecule is C=CC=CC(C)C=CC. The Balaban J connectivity index is 3.61. The minimum absolute atomic E-state index is 0.535. The predicted molar refractivity (Wildman–Crippen MR) is 43.3 cm³/mol. The topological polar surface area (TPSA) is 0 Å². The molecule has 0 aromatic carbocycles. The Bertz CT molecular complexity index is 118. The van der Waals surface area contributed by atoms with Crippen LogP contribution in [-0.4, -0.2) is 0 Å². The van der Waals surface area contributed by atoms with Gasteiger partial charge < -0.3 is 0 Å². The second-order valence-electron chi connectivity index (χ2n) is 2.01. The molecule has 0 nitrogen and oxygen atoms in total. The van der Waals surface area contributed by atoms with E-state index in [1.807, 2.05) is 13.0 Å². The Labute approximate surface area is 57.6 Å². The van der Waals surface area contributed by atoms with E-state index in [1.54, 1.807) is 6.08 Å². The molecule has 0 amide bonds. The summed E-state index contributed by atoms with van der Waals surface area (Å²) >= 11 is 0. The Morgan fingerprint density at radius 1 is 1.33 bits per heavy atom. The van der Waals surface area contributed by atoms with Crippen molar-refractivity contribution in [2.24, 2.45) is 5.92 Å². The lowest BCUT2D eigenvalue weighted by molar-refractivity contribution is 0.938. The van der Waals surface area contributed by atoms with E-state index in [2.05, 4.69) is 31.7 Å². The zero-order chi connectivity index (χ0) is 7.11. The van der Waals surface area contributed by atoms with Crippen molar-refractivity contribution in [3.63, 3.8) is 0 Å². The highest BCUT2D eigenvalue weighted by atomic mass is 13.9. The van der Waals surface area contributed by atoms with E-state index in [1.165, 1.54) is 0 Å². The zero-order valence-electron chi connectivity index (χ0n) is 6.17. The molecule has 0 rings (SSSR count). The summed E-state index contributed by atoms with van der Waals surface area (Å²) in [6, 6.07) is 0. The lowest BCUT2D eigenvalue weighted by atomic mass is 10.1.